The summed E-state index contributed by atoms with van der Waals surface area (Å²) in [6.07, 6.45) is 1.65. The van der Waals surface area contributed by atoms with Gasteiger partial charge in [-0.25, -0.2) is 8.78 Å². The molecule has 0 bridgehead atoms. The van der Waals surface area contributed by atoms with Gasteiger partial charge >= 0.3 is 0 Å². The number of nitrogens with one attached hydrogen (secondary N) is 1. The maximum absolute atomic E-state index is 12.9. The Morgan fingerprint density at radius 1 is 1.24 bits per heavy atom. The Morgan fingerprint density at radius 2 is 2.06 bits per heavy atom. The highest BCUT2D eigenvalue weighted by atomic mass is 19.2. The van der Waals surface area contributed by atoms with Crippen molar-refractivity contribution in [2.24, 2.45) is 7.05 Å². The second kappa shape index (κ2) is 5.01. The summed E-state index contributed by atoms with van der Waals surface area (Å²) in [5.74, 6) is -1.66. The fraction of sp³-hybridized carbons (Fsp3) is 0.273. The fourth-order valence-electron chi connectivity index (χ4n) is 1.46. The van der Waals surface area contributed by atoms with Crippen LogP contribution in [0.25, 0.3) is 0 Å². The molecule has 0 aliphatic carbocycles. The molecule has 0 unspecified atom stereocenters. The first-order chi connectivity index (χ1) is 8.16. The van der Waals surface area contributed by atoms with Crippen molar-refractivity contribution in [2.75, 3.05) is 0 Å². The zero-order valence-electron chi connectivity index (χ0n) is 9.32. The van der Waals surface area contributed by atoms with Gasteiger partial charge in [0.2, 0.25) is 0 Å². The summed E-state index contributed by atoms with van der Waals surface area (Å²) in [5.41, 5.74) is 1.62. The predicted octanol–water partition coefficient (Wildman–Crippen LogP) is 1.38. The maximum Gasteiger partial charge on any atom is 0.159 e. The molecule has 90 valence electrons. The van der Waals surface area contributed by atoms with Crippen LogP contribution in [0.4, 0.5) is 8.78 Å². The highest BCUT2D eigenvalue weighted by Crippen LogP contribution is 2.08. The molecule has 1 heterocycles. The van der Waals surface area contributed by atoms with E-state index in [4.69, 9.17) is 0 Å². The number of nitrogens with zero attached hydrogens (tertiary/aromatic N) is 3. The molecule has 0 aliphatic rings. The van der Waals surface area contributed by atoms with E-state index in [0.29, 0.717) is 18.7 Å². The molecule has 2 aromatic rings. The van der Waals surface area contributed by atoms with Gasteiger partial charge in [0, 0.05) is 20.1 Å². The number of rotatable bonds is 4. The van der Waals surface area contributed by atoms with E-state index < -0.39 is 11.6 Å². The van der Waals surface area contributed by atoms with Crippen molar-refractivity contribution in [3.63, 3.8) is 0 Å². The highest BCUT2D eigenvalue weighted by Gasteiger charge is 2.03. The van der Waals surface area contributed by atoms with E-state index in [1.54, 1.807) is 24.0 Å². The number of halogens is 2. The van der Waals surface area contributed by atoms with Crippen molar-refractivity contribution in [3.05, 3.63) is 47.3 Å². The molecule has 1 aromatic carbocycles. The number of benzene rings is 1. The van der Waals surface area contributed by atoms with Crippen molar-refractivity contribution in [1.82, 2.24) is 20.3 Å². The zero-order chi connectivity index (χ0) is 12.3. The molecule has 0 aliphatic heterocycles. The van der Waals surface area contributed by atoms with Gasteiger partial charge in [-0.2, -0.15) is 0 Å². The Bertz CT molecular complexity index is 510. The summed E-state index contributed by atoms with van der Waals surface area (Å²) in [4.78, 5) is 0. The molecule has 0 atom stereocenters. The molecule has 4 nitrogen and oxygen atoms in total. The first-order valence-electron chi connectivity index (χ1n) is 5.15. The maximum atomic E-state index is 12.9. The van der Waals surface area contributed by atoms with Gasteiger partial charge < -0.3 is 5.32 Å². The highest BCUT2D eigenvalue weighted by molar-refractivity contribution is 5.17. The molecule has 0 saturated carbocycles. The van der Waals surface area contributed by atoms with Gasteiger partial charge in [-0.05, 0) is 17.7 Å². The molecule has 17 heavy (non-hydrogen) atoms. The summed E-state index contributed by atoms with van der Waals surface area (Å²) in [5, 5.41) is 10.6. The van der Waals surface area contributed by atoms with Crippen molar-refractivity contribution < 1.29 is 8.78 Å². The molecule has 1 N–H and O–H groups in total. The van der Waals surface area contributed by atoms with E-state index in [1.165, 1.54) is 6.07 Å². The molecule has 0 saturated heterocycles. The molecular weight excluding hydrogens is 226 g/mol. The van der Waals surface area contributed by atoms with Crippen LogP contribution in [-0.4, -0.2) is 15.0 Å². The average molecular weight is 238 g/mol. The third kappa shape index (κ3) is 2.85. The lowest BCUT2D eigenvalue weighted by atomic mass is 10.2. The fourth-order valence-corrected chi connectivity index (χ4v) is 1.46. The third-order valence-electron chi connectivity index (χ3n) is 2.43. The summed E-state index contributed by atoms with van der Waals surface area (Å²) >= 11 is 0. The van der Waals surface area contributed by atoms with Crippen molar-refractivity contribution >= 4 is 0 Å². The van der Waals surface area contributed by atoms with Crippen LogP contribution < -0.4 is 5.32 Å². The second-order valence-corrected chi connectivity index (χ2v) is 3.70. The molecule has 0 amide bonds. The van der Waals surface area contributed by atoms with E-state index in [9.17, 15) is 8.78 Å². The van der Waals surface area contributed by atoms with Gasteiger partial charge in [0.05, 0.1) is 11.9 Å². The first kappa shape index (κ1) is 11.7. The Morgan fingerprint density at radius 3 is 2.71 bits per heavy atom. The van der Waals surface area contributed by atoms with Crippen LogP contribution in [0.5, 0.6) is 0 Å². The number of aryl methyl sites for hydroxylation is 1. The average Bonchev–Trinajstić information content (AvgIpc) is 2.70. The molecule has 2 rings (SSSR count). The monoisotopic (exact) mass is 238 g/mol. The van der Waals surface area contributed by atoms with Crippen LogP contribution in [-0.2, 0) is 20.1 Å². The van der Waals surface area contributed by atoms with Crippen LogP contribution in [0.1, 0.15) is 11.3 Å². The quantitative estimate of drug-likeness (QED) is 0.875. The lowest BCUT2D eigenvalue weighted by Crippen LogP contribution is -2.15. The molecule has 0 radical (unpaired) electrons. The number of aromatic nitrogens is 3. The number of hydrogen-bond donors (Lipinski definition) is 1. The zero-order valence-corrected chi connectivity index (χ0v) is 9.32. The smallest absolute Gasteiger partial charge is 0.159 e. The van der Waals surface area contributed by atoms with Crippen LogP contribution in [0.15, 0.2) is 24.4 Å². The Hall–Kier alpha value is -1.82. The summed E-state index contributed by atoms with van der Waals surface area (Å²) in [6, 6.07) is 3.86. The summed E-state index contributed by atoms with van der Waals surface area (Å²) in [6.45, 7) is 1.03. The van der Waals surface area contributed by atoms with Crippen LogP contribution in [0, 0.1) is 11.6 Å². The van der Waals surface area contributed by atoms with E-state index >= 15 is 0 Å². The van der Waals surface area contributed by atoms with Crippen molar-refractivity contribution in [3.8, 4) is 0 Å². The van der Waals surface area contributed by atoms with E-state index in [0.717, 1.165) is 11.8 Å². The Labute approximate surface area is 97.3 Å². The minimum atomic E-state index is -0.829. The summed E-state index contributed by atoms with van der Waals surface area (Å²) in [7, 11) is 1.79. The van der Waals surface area contributed by atoms with Gasteiger partial charge in [-0.15, -0.1) is 5.10 Å². The van der Waals surface area contributed by atoms with E-state index in [1.807, 2.05) is 0 Å². The summed E-state index contributed by atoms with van der Waals surface area (Å²) < 4.78 is 27.2. The second-order valence-electron chi connectivity index (χ2n) is 3.70. The van der Waals surface area contributed by atoms with Gasteiger partial charge in [0.1, 0.15) is 0 Å². The molecular formula is C11H12F2N4. The topological polar surface area (TPSA) is 42.7 Å². The molecule has 6 heteroatoms. The van der Waals surface area contributed by atoms with Crippen molar-refractivity contribution in [2.45, 2.75) is 13.1 Å². The third-order valence-corrected chi connectivity index (χ3v) is 2.43. The van der Waals surface area contributed by atoms with Crippen molar-refractivity contribution in [1.29, 1.82) is 0 Å². The first-order valence-corrected chi connectivity index (χ1v) is 5.15. The van der Waals surface area contributed by atoms with Crippen LogP contribution in [0.3, 0.4) is 0 Å². The Balaban J connectivity index is 1.90. The van der Waals surface area contributed by atoms with Crippen LogP contribution >= 0.6 is 0 Å². The van der Waals surface area contributed by atoms with E-state index in [2.05, 4.69) is 15.6 Å². The normalized spacial score (nSPS) is 10.8. The number of hydrogen-bond acceptors (Lipinski definition) is 3. The van der Waals surface area contributed by atoms with Gasteiger partial charge in [0.15, 0.2) is 11.6 Å². The van der Waals surface area contributed by atoms with Gasteiger partial charge in [0.25, 0.3) is 0 Å². The molecule has 0 fully saturated rings. The largest absolute Gasteiger partial charge is 0.307 e. The SMILES string of the molecule is Cn1nncc1CNCc1ccc(F)c(F)c1. The van der Waals surface area contributed by atoms with Gasteiger partial charge in [-0.3, -0.25) is 4.68 Å². The minimum Gasteiger partial charge on any atom is -0.307 e. The lowest BCUT2D eigenvalue weighted by Gasteiger charge is -2.05. The molecule has 0 spiro atoms. The predicted molar refractivity (Wildman–Crippen MR) is 57.9 cm³/mol. The van der Waals surface area contributed by atoms with E-state index in [-0.39, 0.29) is 0 Å². The standard InChI is InChI=1S/C11H12F2N4/c1-17-9(7-15-16-17)6-14-5-8-2-3-10(12)11(13)4-8/h2-4,7,14H,5-6H2,1H3. The Kier molecular flexibility index (Phi) is 3.43. The van der Waals surface area contributed by atoms with Gasteiger partial charge in [-0.1, -0.05) is 11.3 Å². The minimum absolute atomic E-state index is 0.461. The molecule has 1 aromatic heterocycles. The lowest BCUT2D eigenvalue weighted by molar-refractivity contribution is 0.505. The van der Waals surface area contributed by atoms with Crippen LogP contribution in [0.2, 0.25) is 0 Å².